The van der Waals surface area contributed by atoms with Crippen molar-refractivity contribution in [3.8, 4) is 0 Å². The van der Waals surface area contributed by atoms with E-state index < -0.39 is 0 Å². The number of nitrogens with two attached hydrogens (primary N) is 2. The van der Waals surface area contributed by atoms with Gasteiger partial charge in [0.1, 0.15) is 0 Å². The SMILES string of the molecule is NC(CO)CCC1CCCCC1N. The maximum atomic E-state index is 8.77. The molecule has 1 saturated carbocycles. The minimum Gasteiger partial charge on any atom is -0.395 e. The third-order valence-corrected chi connectivity index (χ3v) is 3.11. The summed E-state index contributed by atoms with van der Waals surface area (Å²) < 4.78 is 0. The van der Waals surface area contributed by atoms with Crippen LogP contribution >= 0.6 is 0 Å². The van der Waals surface area contributed by atoms with E-state index in [1.54, 1.807) is 0 Å². The zero-order valence-electron chi connectivity index (χ0n) is 8.28. The Balaban J connectivity index is 2.18. The molecular formula is C10H22N2O. The Labute approximate surface area is 80.5 Å². The first-order chi connectivity index (χ1) is 6.24. The van der Waals surface area contributed by atoms with Gasteiger partial charge < -0.3 is 16.6 Å². The van der Waals surface area contributed by atoms with Gasteiger partial charge in [-0.2, -0.15) is 0 Å². The first-order valence-electron chi connectivity index (χ1n) is 5.36. The second-order valence-electron chi connectivity index (χ2n) is 4.23. The quantitative estimate of drug-likeness (QED) is 0.602. The van der Waals surface area contributed by atoms with Gasteiger partial charge in [0.25, 0.3) is 0 Å². The summed E-state index contributed by atoms with van der Waals surface area (Å²) in [5.41, 5.74) is 11.6. The van der Waals surface area contributed by atoms with Crippen molar-refractivity contribution in [1.82, 2.24) is 0 Å². The summed E-state index contributed by atoms with van der Waals surface area (Å²) >= 11 is 0. The van der Waals surface area contributed by atoms with Crippen LogP contribution < -0.4 is 11.5 Å². The van der Waals surface area contributed by atoms with E-state index in [4.69, 9.17) is 16.6 Å². The van der Waals surface area contributed by atoms with Gasteiger partial charge in [-0.05, 0) is 31.6 Å². The van der Waals surface area contributed by atoms with Crippen LogP contribution in [0.3, 0.4) is 0 Å². The normalized spacial score (nSPS) is 31.6. The summed E-state index contributed by atoms with van der Waals surface area (Å²) in [4.78, 5) is 0. The molecule has 1 fully saturated rings. The van der Waals surface area contributed by atoms with Crippen LogP contribution in [0.1, 0.15) is 38.5 Å². The topological polar surface area (TPSA) is 72.3 Å². The first-order valence-corrected chi connectivity index (χ1v) is 5.36. The highest BCUT2D eigenvalue weighted by atomic mass is 16.3. The lowest BCUT2D eigenvalue weighted by Crippen LogP contribution is -2.34. The fraction of sp³-hybridized carbons (Fsp3) is 1.00. The molecule has 1 aliphatic rings. The minimum atomic E-state index is -0.0471. The summed E-state index contributed by atoms with van der Waals surface area (Å²) in [5.74, 6) is 0.645. The highest BCUT2D eigenvalue weighted by Gasteiger charge is 2.21. The first kappa shape index (κ1) is 11.0. The van der Waals surface area contributed by atoms with Crippen molar-refractivity contribution >= 4 is 0 Å². The third-order valence-electron chi connectivity index (χ3n) is 3.11. The number of hydrogen-bond donors (Lipinski definition) is 3. The number of aliphatic hydroxyl groups is 1. The number of rotatable bonds is 4. The van der Waals surface area contributed by atoms with E-state index in [9.17, 15) is 0 Å². The summed E-state index contributed by atoms with van der Waals surface area (Å²) in [5, 5.41) is 8.77. The van der Waals surface area contributed by atoms with Crippen molar-refractivity contribution in [2.24, 2.45) is 17.4 Å². The van der Waals surface area contributed by atoms with Crippen molar-refractivity contribution < 1.29 is 5.11 Å². The van der Waals surface area contributed by atoms with E-state index in [1.807, 2.05) is 0 Å². The minimum absolute atomic E-state index is 0.0471. The van der Waals surface area contributed by atoms with Crippen molar-refractivity contribution in [2.75, 3.05) is 6.61 Å². The maximum Gasteiger partial charge on any atom is 0.0582 e. The predicted octanol–water partition coefficient (Wildman–Crippen LogP) is 0.604. The Morgan fingerprint density at radius 1 is 1.31 bits per heavy atom. The smallest absolute Gasteiger partial charge is 0.0582 e. The van der Waals surface area contributed by atoms with Gasteiger partial charge in [-0.1, -0.05) is 12.8 Å². The van der Waals surface area contributed by atoms with Gasteiger partial charge in [0.05, 0.1) is 6.61 Å². The van der Waals surface area contributed by atoms with Crippen LogP contribution in [0, 0.1) is 5.92 Å². The molecule has 3 nitrogen and oxygen atoms in total. The number of aliphatic hydroxyl groups excluding tert-OH is 1. The Hall–Kier alpha value is -0.120. The molecule has 0 spiro atoms. The lowest BCUT2D eigenvalue weighted by molar-refractivity contribution is 0.234. The molecular weight excluding hydrogens is 164 g/mol. The molecule has 0 aromatic heterocycles. The lowest BCUT2D eigenvalue weighted by Gasteiger charge is -2.29. The van der Waals surface area contributed by atoms with Crippen LogP contribution in [0.5, 0.6) is 0 Å². The van der Waals surface area contributed by atoms with E-state index in [-0.39, 0.29) is 12.6 Å². The summed E-state index contributed by atoms with van der Waals surface area (Å²) in [6, 6.07) is 0.328. The molecule has 0 heterocycles. The van der Waals surface area contributed by atoms with Gasteiger partial charge in [-0.15, -0.1) is 0 Å². The van der Waals surface area contributed by atoms with E-state index in [0.717, 1.165) is 12.8 Å². The van der Waals surface area contributed by atoms with Crippen LogP contribution in [-0.2, 0) is 0 Å². The fourth-order valence-electron chi connectivity index (χ4n) is 2.11. The molecule has 0 aliphatic heterocycles. The molecule has 1 aliphatic carbocycles. The zero-order chi connectivity index (χ0) is 9.68. The largest absolute Gasteiger partial charge is 0.395 e. The second kappa shape index (κ2) is 5.58. The fourth-order valence-corrected chi connectivity index (χ4v) is 2.11. The Morgan fingerprint density at radius 2 is 2.00 bits per heavy atom. The van der Waals surface area contributed by atoms with Crippen LogP contribution in [-0.4, -0.2) is 23.8 Å². The Morgan fingerprint density at radius 3 is 2.62 bits per heavy atom. The average Bonchev–Trinajstić information content (AvgIpc) is 2.16. The highest BCUT2D eigenvalue weighted by Crippen LogP contribution is 2.26. The number of hydrogen-bond acceptors (Lipinski definition) is 3. The van der Waals surface area contributed by atoms with Gasteiger partial charge in [0.15, 0.2) is 0 Å². The van der Waals surface area contributed by atoms with Crippen LogP contribution in [0.25, 0.3) is 0 Å². The molecule has 0 amide bonds. The van der Waals surface area contributed by atoms with Crippen molar-refractivity contribution in [3.63, 3.8) is 0 Å². The Kier molecular flexibility index (Phi) is 4.70. The van der Waals surface area contributed by atoms with Crippen LogP contribution in [0.2, 0.25) is 0 Å². The molecule has 1 rings (SSSR count). The molecule has 78 valence electrons. The van der Waals surface area contributed by atoms with Crippen LogP contribution in [0.15, 0.2) is 0 Å². The molecule has 0 aromatic rings. The van der Waals surface area contributed by atoms with Crippen molar-refractivity contribution in [2.45, 2.75) is 50.6 Å². The zero-order valence-corrected chi connectivity index (χ0v) is 8.28. The predicted molar refractivity (Wildman–Crippen MR) is 54.2 cm³/mol. The molecule has 0 aromatic carbocycles. The maximum absolute atomic E-state index is 8.77. The molecule has 3 heteroatoms. The summed E-state index contributed by atoms with van der Waals surface area (Å²) in [7, 11) is 0. The standard InChI is InChI=1S/C10H22N2O/c11-9(7-13)6-5-8-3-1-2-4-10(8)12/h8-10,13H,1-7,11-12H2. The molecule has 0 saturated heterocycles. The van der Waals surface area contributed by atoms with Gasteiger partial charge in [0.2, 0.25) is 0 Å². The Bertz CT molecular complexity index is 141. The summed E-state index contributed by atoms with van der Waals surface area (Å²) in [6.07, 6.45) is 7.01. The van der Waals surface area contributed by atoms with E-state index in [0.29, 0.717) is 12.0 Å². The van der Waals surface area contributed by atoms with E-state index in [2.05, 4.69) is 0 Å². The molecule has 3 atom stereocenters. The second-order valence-corrected chi connectivity index (χ2v) is 4.23. The third kappa shape index (κ3) is 3.63. The van der Waals surface area contributed by atoms with Crippen molar-refractivity contribution in [3.05, 3.63) is 0 Å². The molecule has 5 N–H and O–H groups in total. The molecule has 3 unspecified atom stereocenters. The molecule has 0 bridgehead atoms. The van der Waals surface area contributed by atoms with Gasteiger partial charge in [0, 0.05) is 12.1 Å². The van der Waals surface area contributed by atoms with Crippen molar-refractivity contribution in [1.29, 1.82) is 0 Å². The summed E-state index contributed by atoms with van der Waals surface area (Å²) in [6.45, 7) is 0.0992. The van der Waals surface area contributed by atoms with Gasteiger partial charge in [-0.25, -0.2) is 0 Å². The van der Waals surface area contributed by atoms with E-state index >= 15 is 0 Å². The average molecular weight is 186 g/mol. The lowest BCUT2D eigenvalue weighted by atomic mass is 9.81. The van der Waals surface area contributed by atoms with Gasteiger partial charge >= 0.3 is 0 Å². The molecule has 0 radical (unpaired) electrons. The van der Waals surface area contributed by atoms with E-state index in [1.165, 1.54) is 25.7 Å². The molecule has 13 heavy (non-hydrogen) atoms. The van der Waals surface area contributed by atoms with Crippen LogP contribution in [0.4, 0.5) is 0 Å². The highest BCUT2D eigenvalue weighted by molar-refractivity contribution is 4.78. The van der Waals surface area contributed by atoms with Gasteiger partial charge in [-0.3, -0.25) is 0 Å². The monoisotopic (exact) mass is 186 g/mol.